The van der Waals surface area contributed by atoms with Crippen LogP contribution in [-0.4, -0.2) is 47.4 Å². The van der Waals surface area contributed by atoms with E-state index in [1.165, 1.54) is 315 Å². The van der Waals surface area contributed by atoms with Crippen LogP contribution in [0.4, 0.5) is 0 Å². The zero-order valence-electron chi connectivity index (χ0n) is 50.8. The van der Waals surface area contributed by atoms with Crippen molar-refractivity contribution in [2.75, 3.05) is 13.2 Å². The van der Waals surface area contributed by atoms with Gasteiger partial charge in [-0.3, -0.25) is 9.59 Å². The fraction of sp³-hybridized carbons (Fsp3) is 0.913. The third-order valence-corrected chi connectivity index (χ3v) is 16.0. The van der Waals surface area contributed by atoms with Gasteiger partial charge in [0, 0.05) is 12.8 Å². The summed E-state index contributed by atoms with van der Waals surface area (Å²) in [5, 5.41) is 23.2. The summed E-state index contributed by atoms with van der Waals surface area (Å²) < 4.78 is 5.47. The fourth-order valence-electron chi connectivity index (χ4n) is 10.7. The van der Waals surface area contributed by atoms with Crippen molar-refractivity contribution in [1.29, 1.82) is 0 Å². The number of unbranched alkanes of at least 4 members (excludes halogenated alkanes) is 51. The lowest BCUT2D eigenvalue weighted by atomic mass is 10.0. The highest BCUT2D eigenvalue weighted by atomic mass is 16.5. The highest BCUT2D eigenvalue weighted by molar-refractivity contribution is 5.76. The minimum Gasteiger partial charge on any atom is -0.466 e. The van der Waals surface area contributed by atoms with Crippen LogP contribution in [0.3, 0.4) is 0 Å². The summed E-state index contributed by atoms with van der Waals surface area (Å²) in [6.07, 6.45) is 81.0. The molecular weight excluding hydrogens is 923 g/mol. The zero-order chi connectivity index (χ0) is 54.3. The molecule has 75 heavy (non-hydrogen) atoms. The largest absolute Gasteiger partial charge is 0.466 e. The molecule has 0 heterocycles. The molecule has 2 unspecified atom stereocenters. The minimum absolute atomic E-state index is 0.0133. The Balaban J connectivity index is 3.43. The van der Waals surface area contributed by atoms with Crippen molar-refractivity contribution in [3.8, 4) is 0 Å². The molecule has 0 radical (unpaired) electrons. The molecule has 2 atom stereocenters. The fourth-order valence-corrected chi connectivity index (χ4v) is 10.7. The van der Waals surface area contributed by atoms with Crippen LogP contribution in [0.2, 0.25) is 0 Å². The Morgan fingerprint density at radius 1 is 0.360 bits per heavy atom. The molecule has 6 nitrogen and oxygen atoms in total. The van der Waals surface area contributed by atoms with Gasteiger partial charge in [-0.25, -0.2) is 0 Å². The second-order valence-corrected chi connectivity index (χ2v) is 23.5. The number of amides is 1. The van der Waals surface area contributed by atoms with E-state index in [2.05, 4.69) is 31.3 Å². The van der Waals surface area contributed by atoms with E-state index in [9.17, 15) is 19.8 Å². The van der Waals surface area contributed by atoms with Crippen LogP contribution >= 0.6 is 0 Å². The van der Waals surface area contributed by atoms with Crippen LogP contribution in [0.25, 0.3) is 0 Å². The van der Waals surface area contributed by atoms with Gasteiger partial charge in [-0.2, -0.15) is 0 Å². The number of allylic oxidation sites excluding steroid dienone is 3. The molecule has 0 aromatic carbocycles. The normalized spacial score (nSPS) is 12.6. The second-order valence-electron chi connectivity index (χ2n) is 23.5. The summed E-state index contributed by atoms with van der Waals surface area (Å²) in [7, 11) is 0. The van der Waals surface area contributed by atoms with Crippen LogP contribution in [0.1, 0.15) is 380 Å². The smallest absolute Gasteiger partial charge is 0.305 e. The average molecular weight is 1060 g/mol. The number of rotatable bonds is 64. The van der Waals surface area contributed by atoms with Crippen LogP contribution in [0.15, 0.2) is 24.3 Å². The van der Waals surface area contributed by atoms with Gasteiger partial charge in [-0.1, -0.05) is 334 Å². The monoisotopic (exact) mass is 1060 g/mol. The van der Waals surface area contributed by atoms with E-state index in [1.54, 1.807) is 6.08 Å². The van der Waals surface area contributed by atoms with Gasteiger partial charge in [0.25, 0.3) is 0 Å². The number of aliphatic hydroxyl groups is 2. The van der Waals surface area contributed by atoms with Gasteiger partial charge in [0.05, 0.1) is 25.4 Å². The van der Waals surface area contributed by atoms with Crippen LogP contribution in [0.5, 0.6) is 0 Å². The summed E-state index contributed by atoms with van der Waals surface area (Å²) in [4.78, 5) is 24.5. The van der Waals surface area contributed by atoms with Crippen molar-refractivity contribution >= 4 is 11.9 Å². The maximum absolute atomic E-state index is 12.5. The predicted octanol–water partition coefficient (Wildman–Crippen LogP) is 21.8. The number of carbonyl (C=O) groups is 2. The van der Waals surface area contributed by atoms with Gasteiger partial charge >= 0.3 is 5.97 Å². The molecular formula is C69H133NO5. The Bertz CT molecular complexity index is 1170. The Morgan fingerprint density at radius 3 is 0.947 bits per heavy atom. The van der Waals surface area contributed by atoms with Crippen molar-refractivity contribution in [1.82, 2.24) is 5.32 Å². The van der Waals surface area contributed by atoms with E-state index in [-0.39, 0.29) is 18.5 Å². The molecule has 0 fully saturated rings. The van der Waals surface area contributed by atoms with Crippen LogP contribution in [0, 0.1) is 0 Å². The molecule has 1 amide bonds. The number of ether oxygens (including phenoxy) is 1. The maximum atomic E-state index is 12.5. The summed E-state index contributed by atoms with van der Waals surface area (Å²) >= 11 is 0. The molecule has 0 aliphatic rings. The Hall–Kier alpha value is -1.66. The topological polar surface area (TPSA) is 95.9 Å². The molecule has 0 spiro atoms. The predicted molar refractivity (Wildman–Crippen MR) is 329 cm³/mol. The molecule has 0 aliphatic heterocycles. The lowest BCUT2D eigenvalue weighted by Crippen LogP contribution is -2.45. The molecule has 0 aromatic rings. The molecule has 0 saturated heterocycles. The number of esters is 1. The summed E-state index contributed by atoms with van der Waals surface area (Å²) in [5.74, 6) is -0.0538. The van der Waals surface area contributed by atoms with E-state index >= 15 is 0 Å². The maximum Gasteiger partial charge on any atom is 0.305 e. The van der Waals surface area contributed by atoms with E-state index in [0.29, 0.717) is 19.4 Å². The molecule has 0 aromatic heterocycles. The number of nitrogens with one attached hydrogen (secondary N) is 1. The summed E-state index contributed by atoms with van der Waals surface area (Å²) in [6.45, 7) is 4.93. The molecule has 0 bridgehead atoms. The van der Waals surface area contributed by atoms with Gasteiger partial charge in [-0.15, -0.1) is 0 Å². The summed E-state index contributed by atoms with van der Waals surface area (Å²) in [6, 6.07) is -0.631. The third-order valence-electron chi connectivity index (χ3n) is 16.0. The number of hydrogen-bond acceptors (Lipinski definition) is 5. The average Bonchev–Trinajstić information content (AvgIpc) is 3.41. The lowest BCUT2D eigenvalue weighted by molar-refractivity contribution is -0.143. The molecule has 0 saturated carbocycles. The Labute approximate surface area is 469 Å². The van der Waals surface area contributed by atoms with Crippen molar-refractivity contribution in [3.63, 3.8) is 0 Å². The van der Waals surface area contributed by atoms with Crippen molar-refractivity contribution in [3.05, 3.63) is 24.3 Å². The second kappa shape index (κ2) is 64.9. The molecule has 0 rings (SSSR count). The Morgan fingerprint density at radius 2 is 0.627 bits per heavy atom. The van der Waals surface area contributed by atoms with Gasteiger partial charge in [0.1, 0.15) is 0 Å². The first-order chi connectivity index (χ1) is 37.0. The van der Waals surface area contributed by atoms with Crippen molar-refractivity contribution in [2.24, 2.45) is 0 Å². The molecule has 6 heteroatoms. The first kappa shape index (κ1) is 73.3. The summed E-state index contributed by atoms with van der Waals surface area (Å²) in [5.41, 5.74) is 0. The minimum atomic E-state index is -0.847. The SMILES string of the molecule is CCCCCCCCCCCCCCCCCCCCCC/C=C/C(O)C(CO)NC(=O)CCCCCCCCCCC/C=C\CCCCCCCCCCCCCCOC(=O)CCCCCCCCCCCCC. The first-order valence-corrected chi connectivity index (χ1v) is 34.1. The molecule has 444 valence electrons. The number of hydrogen-bond donors (Lipinski definition) is 3. The molecule has 0 aliphatic carbocycles. The molecule has 3 N–H and O–H groups in total. The van der Waals surface area contributed by atoms with Gasteiger partial charge in [-0.05, 0) is 57.8 Å². The lowest BCUT2D eigenvalue weighted by Gasteiger charge is -2.20. The van der Waals surface area contributed by atoms with Gasteiger partial charge < -0.3 is 20.3 Å². The van der Waals surface area contributed by atoms with Crippen LogP contribution in [-0.2, 0) is 14.3 Å². The highest BCUT2D eigenvalue weighted by Crippen LogP contribution is 2.18. The Kier molecular flexibility index (Phi) is 63.4. The first-order valence-electron chi connectivity index (χ1n) is 34.1. The van der Waals surface area contributed by atoms with E-state index < -0.39 is 12.1 Å². The van der Waals surface area contributed by atoms with Crippen molar-refractivity contribution in [2.45, 2.75) is 392 Å². The van der Waals surface area contributed by atoms with E-state index in [1.807, 2.05) is 6.08 Å². The quantitative estimate of drug-likeness (QED) is 0.0320. The van der Waals surface area contributed by atoms with E-state index in [0.717, 1.165) is 38.5 Å². The number of carbonyl (C=O) groups excluding carboxylic acids is 2. The highest BCUT2D eigenvalue weighted by Gasteiger charge is 2.18. The zero-order valence-corrected chi connectivity index (χ0v) is 50.8. The van der Waals surface area contributed by atoms with E-state index in [4.69, 9.17) is 4.74 Å². The number of aliphatic hydroxyl groups excluding tert-OH is 2. The standard InChI is InChI=1S/C69H133NO5/c1-3-5-7-9-11-13-15-16-17-18-19-20-26-29-32-35-38-42-45-49-53-57-61-67(72)66(65-71)70-68(73)62-58-54-50-46-43-39-36-33-30-27-24-22-21-23-25-28-31-34-37-40-44-48-52-56-60-64-75-69(74)63-59-55-51-47-41-14-12-10-8-6-4-2/h22,24,57,61,66-67,71-72H,3-21,23,25-56,58-60,62-65H2,1-2H3,(H,70,73)/b24-22-,61-57+. The van der Waals surface area contributed by atoms with Gasteiger partial charge in [0.15, 0.2) is 0 Å². The third kappa shape index (κ3) is 61.4. The van der Waals surface area contributed by atoms with Crippen LogP contribution < -0.4 is 5.32 Å². The van der Waals surface area contributed by atoms with Crippen molar-refractivity contribution < 1.29 is 24.5 Å². The van der Waals surface area contributed by atoms with Gasteiger partial charge in [0.2, 0.25) is 5.91 Å².